The number of thiazole rings is 1. The third-order valence-corrected chi connectivity index (χ3v) is 8.71. The Labute approximate surface area is 187 Å². The van der Waals surface area contributed by atoms with Gasteiger partial charge in [0.25, 0.3) is 0 Å². The molecular weight excluding hydrogens is 400 g/mol. The summed E-state index contributed by atoms with van der Waals surface area (Å²) < 4.78 is 1.13. The average molecular weight is 429 g/mol. The van der Waals surface area contributed by atoms with E-state index in [1.807, 2.05) is 18.2 Å². The highest BCUT2D eigenvalue weighted by Gasteiger charge is 2.43. The van der Waals surface area contributed by atoms with Gasteiger partial charge in [-0.1, -0.05) is 39.8 Å². The Bertz CT molecular complexity index is 1260. The second kappa shape index (κ2) is 6.29. The molecular formula is C27H28N2OS. The molecule has 0 saturated heterocycles. The van der Waals surface area contributed by atoms with E-state index in [4.69, 9.17) is 4.98 Å². The van der Waals surface area contributed by atoms with Gasteiger partial charge >= 0.3 is 0 Å². The van der Waals surface area contributed by atoms with E-state index in [0.717, 1.165) is 40.3 Å². The van der Waals surface area contributed by atoms with Crippen molar-refractivity contribution in [2.24, 2.45) is 0 Å². The molecule has 4 heteroatoms. The fourth-order valence-electron chi connectivity index (χ4n) is 5.71. The first-order valence-corrected chi connectivity index (χ1v) is 12.1. The maximum Gasteiger partial charge on any atom is 0.170 e. The summed E-state index contributed by atoms with van der Waals surface area (Å²) in [6.45, 7) is 11.7. The van der Waals surface area contributed by atoms with Gasteiger partial charge in [0.2, 0.25) is 0 Å². The number of anilines is 1. The zero-order valence-electron chi connectivity index (χ0n) is 18.7. The van der Waals surface area contributed by atoms with Gasteiger partial charge in [-0.3, -0.25) is 4.79 Å². The first-order chi connectivity index (χ1) is 14.7. The van der Waals surface area contributed by atoms with Crippen molar-refractivity contribution in [2.75, 3.05) is 18.0 Å². The van der Waals surface area contributed by atoms with Gasteiger partial charge in [-0.25, -0.2) is 4.98 Å². The van der Waals surface area contributed by atoms with Gasteiger partial charge in [0.05, 0.1) is 15.8 Å². The smallest absolute Gasteiger partial charge is 0.170 e. The van der Waals surface area contributed by atoms with Gasteiger partial charge in [0, 0.05) is 25.2 Å². The van der Waals surface area contributed by atoms with E-state index in [1.165, 1.54) is 34.4 Å². The van der Waals surface area contributed by atoms with E-state index in [9.17, 15) is 4.79 Å². The topological polar surface area (TPSA) is 33.2 Å². The summed E-state index contributed by atoms with van der Waals surface area (Å²) in [5, 5.41) is 0.850. The molecule has 0 amide bonds. The van der Waals surface area contributed by atoms with Crippen LogP contribution in [0.2, 0.25) is 0 Å². The molecule has 2 aromatic carbocycles. The molecule has 0 radical (unpaired) electrons. The summed E-state index contributed by atoms with van der Waals surface area (Å²) in [5.41, 5.74) is 8.76. The van der Waals surface area contributed by atoms with Crippen molar-refractivity contribution in [3.63, 3.8) is 0 Å². The van der Waals surface area contributed by atoms with E-state index in [0.29, 0.717) is 6.42 Å². The molecule has 1 aliphatic carbocycles. The largest absolute Gasteiger partial charge is 0.371 e. The van der Waals surface area contributed by atoms with Crippen LogP contribution < -0.4 is 4.90 Å². The number of aromatic nitrogens is 1. The van der Waals surface area contributed by atoms with Gasteiger partial charge in [0.1, 0.15) is 5.01 Å². The van der Waals surface area contributed by atoms with Gasteiger partial charge in [-0.15, -0.1) is 11.3 Å². The van der Waals surface area contributed by atoms with E-state index >= 15 is 0 Å². The summed E-state index contributed by atoms with van der Waals surface area (Å²) in [5.74, 6) is 0.200. The summed E-state index contributed by atoms with van der Waals surface area (Å²) in [7, 11) is 0. The number of ketones is 1. The molecule has 0 N–H and O–H groups in total. The van der Waals surface area contributed by atoms with Crippen LogP contribution in [0.15, 0.2) is 30.3 Å². The SMILES string of the molecule is CC1(C)CCN2CCC(C)(C)c3c4c(cc1c32)C=C(c1nc2ccccc2s1)C(=O)C4. The molecule has 6 rings (SSSR count). The Morgan fingerprint density at radius 1 is 1.03 bits per heavy atom. The second-order valence-electron chi connectivity index (χ2n) is 10.6. The number of carbonyl (C=O) groups is 1. The molecule has 158 valence electrons. The predicted octanol–water partition coefficient (Wildman–Crippen LogP) is 6.13. The molecule has 0 spiro atoms. The Morgan fingerprint density at radius 3 is 2.55 bits per heavy atom. The third-order valence-electron chi connectivity index (χ3n) is 7.64. The van der Waals surface area contributed by atoms with Crippen LogP contribution in [0, 0.1) is 0 Å². The van der Waals surface area contributed by atoms with Crippen molar-refractivity contribution in [2.45, 2.75) is 57.8 Å². The molecule has 1 aromatic heterocycles. The maximum atomic E-state index is 13.4. The molecule has 3 heterocycles. The number of nitrogens with zero attached hydrogens (tertiary/aromatic N) is 2. The van der Waals surface area contributed by atoms with Gasteiger partial charge in [-0.2, -0.15) is 0 Å². The minimum absolute atomic E-state index is 0.0842. The van der Waals surface area contributed by atoms with Crippen molar-refractivity contribution in [3.8, 4) is 0 Å². The van der Waals surface area contributed by atoms with Gasteiger partial charge < -0.3 is 4.90 Å². The maximum absolute atomic E-state index is 13.4. The lowest BCUT2D eigenvalue weighted by atomic mass is 9.66. The lowest BCUT2D eigenvalue weighted by molar-refractivity contribution is -0.113. The summed E-state index contributed by atoms with van der Waals surface area (Å²) in [4.78, 5) is 20.8. The molecule has 3 nitrogen and oxygen atoms in total. The highest BCUT2D eigenvalue weighted by molar-refractivity contribution is 7.19. The molecule has 31 heavy (non-hydrogen) atoms. The molecule has 0 unspecified atom stereocenters. The molecule has 0 saturated carbocycles. The van der Waals surface area contributed by atoms with Crippen LogP contribution >= 0.6 is 11.3 Å². The van der Waals surface area contributed by atoms with Crippen molar-refractivity contribution in [1.82, 2.24) is 4.98 Å². The van der Waals surface area contributed by atoms with E-state index in [-0.39, 0.29) is 16.6 Å². The van der Waals surface area contributed by atoms with Crippen molar-refractivity contribution < 1.29 is 4.79 Å². The van der Waals surface area contributed by atoms with Crippen LogP contribution in [0.25, 0.3) is 21.9 Å². The van der Waals surface area contributed by atoms with Crippen molar-refractivity contribution in [3.05, 3.63) is 57.6 Å². The van der Waals surface area contributed by atoms with Gasteiger partial charge in [0.15, 0.2) is 5.78 Å². The van der Waals surface area contributed by atoms with E-state index in [1.54, 1.807) is 11.3 Å². The number of allylic oxidation sites excluding steroid dienone is 1. The van der Waals surface area contributed by atoms with Crippen LogP contribution in [0.4, 0.5) is 5.69 Å². The Balaban J connectivity index is 1.61. The summed E-state index contributed by atoms with van der Waals surface area (Å²) in [6, 6.07) is 10.5. The first-order valence-electron chi connectivity index (χ1n) is 11.3. The molecule has 0 fully saturated rings. The first kappa shape index (κ1) is 19.2. The highest BCUT2D eigenvalue weighted by Crippen LogP contribution is 2.52. The number of hydrogen-bond acceptors (Lipinski definition) is 4. The molecule has 0 bridgehead atoms. The van der Waals surface area contributed by atoms with Crippen LogP contribution in [0.1, 0.15) is 67.8 Å². The summed E-state index contributed by atoms with van der Waals surface area (Å²) in [6.07, 6.45) is 4.93. The number of Topliss-reactive ketones (excluding diaryl/α,β-unsaturated/α-hetero) is 1. The van der Waals surface area contributed by atoms with Gasteiger partial charge in [-0.05, 0) is 70.2 Å². The minimum Gasteiger partial charge on any atom is -0.371 e. The van der Waals surface area contributed by atoms with Crippen LogP contribution in [0.5, 0.6) is 0 Å². The van der Waals surface area contributed by atoms with Crippen LogP contribution in [-0.4, -0.2) is 23.9 Å². The van der Waals surface area contributed by atoms with Crippen LogP contribution in [-0.2, 0) is 22.0 Å². The molecule has 3 aliphatic rings. The zero-order valence-corrected chi connectivity index (χ0v) is 19.5. The van der Waals surface area contributed by atoms with Crippen molar-refractivity contribution >= 4 is 44.7 Å². The minimum atomic E-state index is 0.0842. The van der Waals surface area contributed by atoms with Crippen molar-refractivity contribution in [1.29, 1.82) is 0 Å². The standard InChI is InChI=1S/C27H28N2OS/c1-26(2)9-11-29-12-10-27(3,4)23-17-15-21(30)18(13-16(17)14-19(26)24(23)29)25-28-20-7-5-6-8-22(20)31-25/h5-8,13-14H,9-12,15H2,1-4H3. The summed E-state index contributed by atoms with van der Waals surface area (Å²) >= 11 is 1.62. The lowest BCUT2D eigenvalue weighted by Crippen LogP contribution is -2.45. The number of hydrogen-bond donors (Lipinski definition) is 0. The predicted molar refractivity (Wildman–Crippen MR) is 130 cm³/mol. The Hall–Kier alpha value is -2.46. The number of benzene rings is 2. The van der Waals surface area contributed by atoms with E-state index in [2.05, 4.69) is 50.8 Å². The fraction of sp³-hybridized carbons (Fsp3) is 0.407. The Kier molecular flexibility index (Phi) is 3.90. The monoisotopic (exact) mass is 428 g/mol. The number of carbonyl (C=O) groups excluding carboxylic acids is 1. The quantitative estimate of drug-likeness (QED) is 0.467. The highest BCUT2D eigenvalue weighted by atomic mass is 32.1. The third kappa shape index (κ3) is 2.77. The lowest BCUT2D eigenvalue weighted by Gasteiger charge is -2.49. The normalized spacial score (nSPS) is 21.0. The second-order valence-corrected chi connectivity index (χ2v) is 11.6. The van der Waals surface area contributed by atoms with Crippen LogP contribution in [0.3, 0.4) is 0 Å². The number of fused-ring (bicyclic) bond motifs is 3. The zero-order chi connectivity index (χ0) is 21.5. The van der Waals surface area contributed by atoms with E-state index < -0.39 is 0 Å². The molecule has 2 aliphatic heterocycles. The fourth-order valence-corrected chi connectivity index (χ4v) is 6.71. The molecule has 0 atom stereocenters. The number of para-hydroxylation sites is 1. The molecule has 3 aromatic rings. The Morgan fingerprint density at radius 2 is 1.77 bits per heavy atom. The number of rotatable bonds is 1. The average Bonchev–Trinajstić information content (AvgIpc) is 3.15.